The SMILES string of the molecule is CN(C)c1nc(N[C@H]2CC[C@@H](N)CC2)ncc1C(F)(F)F. The number of halogens is 3. The van der Waals surface area contributed by atoms with Crippen LogP contribution in [0, 0.1) is 0 Å². The van der Waals surface area contributed by atoms with Gasteiger partial charge in [0.1, 0.15) is 11.4 Å². The van der Waals surface area contributed by atoms with Crippen molar-refractivity contribution in [3.05, 3.63) is 11.8 Å². The molecular formula is C13H20F3N5. The first-order chi connectivity index (χ1) is 9.77. The Hall–Kier alpha value is -1.57. The van der Waals surface area contributed by atoms with Gasteiger partial charge in [-0.15, -0.1) is 0 Å². The fourth-order valence-corrected chi connectivity index (χ4v) is 2.43. The van der Waals surface area contributed by atoms with E-state index in [1.807, 2.05) is 0 Å². The second-order valence-electron chi connectivity index (χ2n) is 5.58. The van der Waals surface area contributed by atoms with Crippen LogP contribution in [-0.4, -0.2) is 36.1 Å². The van der Waals surface area contributed by atoms with Gasteiger partial charge in [0, 0.05) is 32.4 Å². The van der Waals surface area contributed by atoms with Crippen LogP contribution in [0.1, 0.15) is 31.2 Å². The number of nitrogens with zero attached hydrogens (tertiary/aromatic N) is 3. The number of rotatable bonds is 3. The van der Waals surface area contributed by atoms with E-state index in [9.17, 15) is 13.2 Å². The Labute approximate surface area is 121 Å². The van der Waals surface area contributed by atoms with Crippen LogP contribution >= 0.6 is 0 Å². The summed E-state index contributed by atoms with van der Waals surface area (Å²) in [5, 5.41) is 3.10. The quantitative estimate of drug-likeness (QED) is 0.896. The Balaban J connectivity index is 2.16. The maximum absolute atomic E-state index is 12.9. The molecule has 21 heavy (non-hydrogen) atoms. The first kappa shape index (κ1) is 15.8. The molecule has 3 N–H and O–H groups in total. The third kappa shape index (κ3) is 3.96. The molecule has 0 aliphatic heterocycles. The highest BCUT2D eigenvalue weighted by atomic mass is 19.4. The average molecular weight is 303 g/mol. The maximum atomic E-state index is 12.9. The zero-order valence-electron chi connectivity index (χ0n) is 12.1. The molecule has 0 amide bonds. The van der Waals surface area contributed by atoms with E-state index in [2.05, 4.69) is 15.3 Å². The largest absolute Gasteiger partial charge is 0.421 e. The molecule has 5 nitrogen and oxygen atoms in total. The molecule has 0 saturated heterocycles. The van der Waals surface area contributed by atoms with Gasteiger partial charge in [-0.05, 0) is 25.7 Å². The Morgan fingerprint density at radius 2 is 1.86 bits per heavy atom. The number of hydrogen-bond acceptors (Lipinski definition) is 5. The van der Waals surface area contributed by atoms with Crippen LogP contribution in [0.3, 0.4) is 0 Å². The lowest BCUT2D eigenvalue weighted by Gasteiger charge is -2.27. The minimum Gasteiger partial charge on any atom is -0.362 e. The van der Waals surface area contributed by atoms with E-state index in [1.165, 1.54) is 19.0 Å². The molecule has 1 aromatic rings. The van der Waals surface area contributed by atoms with Gasteiger partial charge in [0.15, 0.2) is 0 Å². The van der Waals surface area contributed by atoms with Gasteiger partial charge < -0.3 is 16.0 Å². The van der Waals surface area contributed by atoms with Crippen LogP contribution in [0.25, 0.3) is 0 Å². The second-order valence-corrected chi connectivity index (χ2v) is 5.58. The first-order valence-corrected chi connectivity index (χ1v) is 6.91. The summed E-state index contributed by atoms with van der Waals surface area (Å²) in [5.41, 5.74) is 5.00. The highest BCUT2D eigenvalue weighted by Crippen LogP contribution is 2.35. The predicted molar refractivity (Wildman–Crippen MR) is 75.2 cm³/mol. The van der Waals surface area contributed by atoms with Crippen molar-refractivity contribution in [2.24, 2.45) is 5.73 Å². The van der Waals surface area contributed by atoms with Crippen molar-refractivity contribution in [2.45, 2.75) is 43.9 Å². The Morgan fingerprint density at radius 3 is 2.38 bits per heavy atom. The number of aromatic nitrogens is 2. The number of alkyl halides is 3. The van der Waals surface area contributed by atoms with E-state index in [0.29, 0.717) is 0 Å². The van der Waals surface area contributed by atoms with E-state index >= 15 is 0 Å². The molecule has 0 spiro atoms. The Kier molecular flexibility index (Phi) is 4.55. The summed E-state index contributed by atoms with van der Waals surface area (Å²) in [6, 6.07) is 0.380. The molecule has 0 atom stereocenters. The zero-order chi connectivity index (χ0) is 15.6. The second kappa shape index (κ2) is 6.05. The molecule has 2 rings (SSSR count). The molecule has 1 heterocycles. The lowest BCUT2D eigenvalue weighted by atomic mass is 9.92. The van der Waals surface area contributed by atoms with Crippen molar-refractivity contribution < 1.29 is 13.2 Å². The number of anilines is 2. The van der Waals surface area contributed by atoms with Gasteiger partial charge in [-0.25, -0.2) is 4.98 Å². The van der Waals surface area contributed by atoms with Gasteiger partial charge in [-0.1, -0.05) is 0 Å². The maximum Gasteiger partial charge on any atom is 0.421 e. The fraction of sp³-hybridized carbons (Fsp3) is 0.692. The molecule has 0 bridgehead atoms. The van der Waals surface area contributed by atoms with Gasteiger partial charge in [0.05, 0.1) is 0 Å². The van der Waals surface area contributed by atoms with Gasteiger partial charge in [-0.2, -0.15) is 18.2 Å². The number of nitrogens with two attached hydrogens (primary N) is 1. The van der Waals surface area contributed by atoms with Crippen molar-refractivity contribution in [1.29, 1.82) is 0 Å². The fourth-order valence-electron chi connectivity index (χ4n) is 2.43. The molecule has 1 aromatic heterocycles. The van der Waals surface area contributed by atoms with Crippen LogP contribution < -0.4 is 16.0 Å². The van der Waals surface area contributed by atoms with Crippen LogP contribution in [0.4, 0.5) is 24.9 Å². The van der Waals surface area contributed by atoms with E-state index in [0.717, 1.165) is 31.9 Å². The molecule has 0 aromatic carbocycles. The molecule has 0 radical (unpaired) electrons. The average Bonchev–Trinajstić information content (AvgIpc) is 2.40. The molecule has 0 unspecified atom stereocenters. The zero-order valence-corrected chi connectivity index (χ0v) is 12.1. The van der Waals surface area contributed by atoms with Gasteiger partial charge in [0.2, 0.25) is 5.95 Å². The van der Waals surface area contributed by atoms with Crippen molar-refractivity contribution in [3.63, 3.8) is 0 Å². The number of hydrogen-bond donors (Lipinski definition) is 2. The van der Waals surface area contributed by atoms with Crippen molar-refractivity contribution in [3.8, 4) is 0 Å². The molecular weight excluding hydrogens is 283 g/mol. The highest BCUT2D eigenvalue weighted by molar-refractivity contribution is 5.50. The van der Waals surface area contributed by atoms with Gasteiger partial charge >= 0.3 is 6.18 Å². The van der Waals surface area contributed by atoms with E-state index in [1.54, 1.807) is 0 Å². The van der Waals surface area contributed by atoms with Crippen LogP contribution in [-0.2, 0) is 6.18 Å². The Bertz CT molecular complexity index is 481. The summed E-state index contributed by atoms with van der Waals surface area (Å²) in [6.45, 7) is 0. The summed E-state index contributed by atoms with van der Waals surface area (Å²) in [7, 11) is 3.06. The molecule has 118 valence electrons. The summed E-state index contributed by atoms with van der Waals surface area (Å²) >= 11 is 0. The Morgan fingerprint density at radius 1 is 1.24 bits per heavy atom. The van der Waals surface area contributed by atoms with Crippen molar-refractivity contribution in [1.82, 2.24) is 9.97 Å². The van der Waals surface area contributed by atoms with Crippen LogP contribution in [0.5, 0.6) is 0 Å². The van der Waals surface area contributed by atoms with Gasteiger partial charge in [0.25, 0.3) is 0 Å². The molecule has 1 fully saturated rings. The van der Waals surface area contributed by atoms with Crippen LogP contribution in [0.15, 0.2) is 6.20 Å². The normalized spacial score (nSPS) is 23.0. The summed E-state index contributed by atoms with van der Waals surface area (Å²) < 4.78 is 38.7. The smallest absolute Gasteiger partial charge is 0.362 e. The lowest BCUT2D eigenvalue weighted by molar-refractivity contribution is -0.137. The highest BCUT2D eigenvalue weighted by Gasteiger charge is 2.36. The number of nitrogens with one attached hydrogen (secondary N) is 1. The molecule has 1 aliphatic carbocycles. The predicted octanol–water partition coefficient (Wildman–Crippen LogP) is 2.24. The summed E-state index contributed by atoms with van der Waals surface area (Å²) in [6.07, 6.45) is -0.0711. The monoisotopic (exact) mass is 303 g/mol. The molecule has 1 saturated carbocycles. The first-order valence-electron chi connectivity index (χ1n) is 6.91. The van der Waals surface area contributed by atoms with Crippen LogP contribution in [0.2, 0.25) is 0 Å². The standard InChI is InChI=1S/C13H20F3N5/c1-21(2)11-10(13(14,15)16)7-18-12(20-11)19-9-5-3-8(17)4-6-9/h7-9H,3-6,17H2,1-2H3,(H,18,19,20)/t8-,9+. The van der Waals surface area contributed by atoms with E-state index in [4.69, 9.17) is 5.73 Å². The third-order valence-electron chi connectivity index (χ3n) is 3.60. The minimum atomic E-state index is -4.46. The molecule has 1 aliphatic rings. The summed E-state index contributed by atoms with van der Waals surface area (Å²) in [5.74, 6) is 0.0969. The minimum absolute atomic E-state index is 0.132. The van der Waals surface area contributed by atoms with E-state index < -0.39 is 11.7 Å². The van der Waals surface area contributed by atoms with Gasteiger partial charge in [-0.3, -0.25) is 0 Å². The molecule has 8 heteroatoms. The third-order valence-corrected chi connectivity index (χ3v) is 3.60. The van der Waals surface area contributed by atoms with Crippen molar-refractivity contribution >= 4 is 11.8 Å². The topological polar surface area (TPSA) is 67.1 Å². The lowest BCUT2D eigenvalue weighted by Crippen LogP contribution is -2.33. The summed E-state index contributed by atoms with van der Waals surface area (Å²) in [4.78, 5) is 9.15. The van der Waals surface area contributed by atoms with Crippen molar-refractivity contribution in [2.75, 3.05) is 24.3 Å². The van der Waals surface area contributed by atoms with E-state index in [-0.39, 0.29) is 23.8 Å².